The molecule has 0 fully saturated rings. The van der Waals surface area contributed by atoms with Crippen LogP contribution in [-0.2, 0) is 9.53 Å². The maximum Gasteiger partial charge on any atom is 0.339 e. The van der Waals surface area contributed by atoms with Crippen LogP contribution in [0.25, 0.3) is 0 Å². The Balaban J connectivity index is 2.83. The molecule has 0 atom stereocenters. The van der Waals surface area contributed by atoms with E-state index in [1.165, 1.54) is 32.5 Å². The highest BCUT2D eigenvalue weighted by Gasteiger charge is 2.09. The van der Waals surface area contributed by atoms with E-state index < -0.39 is 5.97 Å². The monoisotopic (exact) mass is 232 g/mol. The fourth-order valence-corrected chi connectivity index (χ4v) is 1.09. The van der Waals surface area contributed by atoms with Gasteiger partial charge in [-0.05, 0) is 6.07 Å². The van der Waals surface area contributed by atoms with Crippen LogP contribution < -0.4 is 5.32 Å². The number of aromatic nitrogens is 1. The summed E-state index contributed by atoms with van der Waals surface area (Å²) in [6.45, 7) is 1.64. The third kappa shape index (κ3) is 3.95. The minimum Gasteiger partial charge on any atom is -0.465 e. The zero-order chi connectivity index (χ0) is 12.7. The summed E-state index contributed by atoms with van der Waals surface area (Å²) < 4.78 is 4.62. The number of rotatable bonds is 2. The summed E-state index contributed by atoms with van der Waals surface area (Å²) in [7, 11) is 1.30. The van der Waals surface area contributed by atoms with Crippen molar-refractivity contribution in [2.75, 3.05) is 13.7 Å². The predicted molar refractivity (Wildman–Crippen MR) is 61.1 cm³/mol. The van der Waals surface area contributed by atoms with Crippen LogP contribution >= 0.6 is 0 Å². The van der Waals surface area contributed by atoms with E-state index in [-0.39, 0.29) is 12.5 Å². The van der Waals surface area contributed by atoms with E-state index in [0.717, 1.165) is 0 Å². The van der Waals surface area contributed by atoms with E-state index in [0.29, 0.717) is 11.1 Å². The molecule has 0 unspecified atom stereocenters. The quantitative estimate of drug-likeness (QED) is 0.590. The Kier molecular flexibility index (Phi) is 4.70. The van der Waals surface area contributed by atoms with E-state index in [4.69, 9.17) is 0 Å². The molecule has 0 saturated heterocycles. The highest BCUT2D eigenvalue weighted by atomic mass is 16.5. The molecule has 0 aliphatic rings. The van der Waals surface area contributed by atoms with Crippen LogP contribution in [0.1, 0.15) is 22.8 Å². The maximum absolute atomic E-state index is 11.4. The van der Waals surface area contributed by atoms with E-state index in [1.807, 2.05) is 0 Å². The molecule has 88 valence electrons. The molecular weight excluding hydrogens is 220 g/mol. The van der Waals surface area contributed by atoms with Gasteiger partial charge in [-0.3, -0.25) is 9.78 Å². The Hall–Kier alpha value is -2.35. The number of carbonyl (C=O) groups excluding carboxylic acids is 2. The van der Waals surface area contributed by atoms with Gasteiger partial charge in [0, 0.05) is 19.3 Å². The second-order valence-electron chi connectivity index (χ2n) is 3.12. The molecule has 5 nitrogen and oxygen atoms in total. The highest BCUT2D eigenvalue weighted by Crippen LogP contribution is 2.06. The van der Waals surface area contributed by atoms with Crippen molar-refractivity contribution >= 4 is 11.9 Å². The summed E-state index contributed by atoms with van der Waals surface area (Å²) in [5, 5.41) is 2.53. The van der Waals surface area contributed by atoms with Gasteiger partial charge in [-0.15, -0.1) is 0 Å². The molecule has 17 heavy (non-hydrogen) atoms. The first-order valence-electron chi connectivity index (χ1n) is 4.90. The molecule has 0 radical (unpaired) electrons. The van der Waals surface area contributed by atoms with Gasteiger partial charge in [-0.1, -0.05) is 11.8 Å². The van der Waals surface area contributed by atoms with Gasteiger partial charge in [0.1, 0.15) is 0 Å². The van der Waals surface area contributed by atoms with Crippen LogP contribution in [0.4, 0.5) is 0 Å². The number of amides is 1. The number of ether oxygens (including phenoxy) is 1. The molecular formula is C12H12N2O3. The van der Waals surface area contributed by atoms with Crippen molar-refractivity contribution in [3.8, 4) is 11.8 Å². The summed E-state index contributed by atoms with van der Waals surface area (Å²) in [5.41, 5.74) is 0.836. The van der Waals surface area contributed by atoms with Crippen LogP contribution in [0.15, 0.2) is 18.5 Å². The second-order valence-corrected chi connectivity index (χ2v) is 3.12. The van der Waals surface area contributed by atoms with Crippen molar-refractivity contribution in [2.24, 2.45) is 0 Å². The summed E-state index contributed by atoms with van der Waals surface area (Å²) in [5.74, 6) is 4.86. The molecule has 0 saturated carbocycles. The lowest BCUT2D eigenvalue weighted by atomic mass is 10.1. The van der Waals surface area contributed by atoms with E-state index >= 15 is 0 Å². The van der Waals surface area contributed by atoms with Gasteiger partial charge in [0.25, 0.3) is 0 Å². The molecule has 1 heterocycles. The lowest BCUT2D eigenvalue weighted by Gasteiger charge is -2.00. The van der Waals surface area contributed by atoms with Crippen LogP contribution in [0.2, 0.25) is 0 Å². The van der Waals surface area contributed by atoms with Crippen molar-refractivity contribution in [1.82, 2.24) is 10.3 Å². The number of nitrogens with zero attached hydrogens (tertiary/aromatic N) is 1. The van der Waals surface area contributed by atoms with Crippen LogP contribution in [0.5, 0.6) is 0 Å². The van der Waals surface area contributed by atoms with Gasteiger partial charge in [0.05, 0.1) is 24.8 Å². The minimum atomic E-state index is -0.462. The SMILES string of the molecule is COC(=O)c1ccncc1C#CCNC(C)=O. The fraction of sp³-hybridized carbons (Fsp3) is 0.250. The van der Waals surface area contributed by atoms with Crippen molar-refractivity contribution in [1.29, 1.82) is 0 Å². The Bertz CT molecular complexity index is 486. The lowest BCUT2D eigenvalue weighted by molar-refractivity contribution is -0.118. The van der Waals surface area contributed by atoms with Crippen molar-refractivity contribution in [3.05, 3.63) is 29.6 Å². The molecule has 1 amide bonds. The third-order valence-electron chi connectivity index (χ3n) is 1.88. The number of hydrogen-bond acceptors (Lipinski definition) is 4. The fourth-order valence-electron chi connectivity index (χ4n) is 1.09. The second kappa shape index (κ2) is 6.28. The smallest absolute Gasteiger partial charge is 0.339 e. The molecule has 5 heteroatoms. The number of pyridine rings is 1. The molecule has 0 aliphatic carbocycles. The number of esters is 1. The summed E-state index contributed by atoms with van der Waals surface area (Å²) in [4.78, 5) is 25.9. The van der Waals surface area contributed by atoms with Gasteiger partial charge in [-0.25, -0.2) is 4.79 Å². The Morgan fingerprint density at radius 1 is 1.53 bits per heavy atom. The normalized spacial score (nSPS) is 8.82. The lowest BCUT2D eigenvalue weighted by Crippen LogP contribution is -2.19. The highest BCUT2D eigenvalue weighted by molar-refractivity contribution is 5.92. The zero-order valence-electron chi connectivity index (χ0n) is 9.61. The average molecular weight is 232 g/mol. The van der Waals surface area contributed by atoms with Gasteiger partial charge in [0.15, 0.2) is 0 Å². The Labute approximate surface area is 99.2 Å². The number of methoxy groups -OCH3 is 1. The average Bonchev–Trinajstić information content (AvgIpc) is 2.34. The molecule has 0 aliphatic heterocycles. The Morgan fingerprint density at radius 3 is 2.94 bits per heavy atom. The largest absolute Gasteiger partial charge is 0.465 e. The van der Waals surface area contributed by atoms with E-state index in [2.05, 4.69) is 26.9 Å². The molecule has 1 aromatic rings. The van der Waals surface area contributed by atoms with Crippen LogP contribution in [0.3, 0.4) is 0 Å². The maximum atomic E-state index is 11.4. The van der Waals surface area contributed by atoms with Crippen molar-refractivity contribution in [2.45, 2.75) is 6.92 Å². The van der Waals surface area contributed by atoms with Crippen molar-refractivity contribution < 1.29 is 14.3 Å². The first kappa shape index (κ1) is 12.7. The molecule has 0 spiro atoms. The molecule has 1 N–H and O–H groups in total. The first-order valence-corrected chi connectivity index (χ1v) is 4.90. The summed E-state index contributed by atoms with van der Waals surface area (Å²) >= 11 is 0. The predicted octanol–water partition coefficient (Wildman–Crippen LogP) is 0.356. The minimum absolute atomic E-state index is 0.154. The Morgan fingerprint density at radius 2 is 2.29 bits per heavy atom. The van der Waals surface area contributed by atoms with Gasteiger partial charge in [-0.2, -0.15) is 0 Å². The first-order chi connectivity index (χ1) is 8.15. The third-order valence-corrected chi connectivity index (χ3v) is 1.88. The summed E-state index contributed by atoms with van der Waals surface area (Å²) in [6, 6.07) is 1.54. The molecule has 1 rings (SSSR count). The number of hydrogen-bond donors (Lipinski definition) is 1. The molecule has 0 bridgehead atoms. The standard InChI is InChI=1S/C12H12N2O3/c1-9(15)14-6-3-4-10-8-13-7-5-11(10)12(16)17-2/h5,7-8H,6H2,1-2H3,(H,14,15). The zero-order valence-corrected chi connectivity index (χ0v) is 9.61. The number of carbonyl (C=O) groups is 2. The molecule has 1 aromatic heterocycles. The van der Waals surface area contributed by atoms with E-state index in [1.54, 1.807) is 0 Å². The van der Waals surface area contributed by atoms with Gasteiger partial charge < -0.3 is 10.1 Å². The van der Waals surface area contributed by atoms with E-state index in [9.17, 15) is 9.59 Å². The van der Waals surface area contributed by atoms with Crippen LogP contribution in [-0.4, -0.2) is 30.5 Å². The van der Waals surface area contributed by atoms with Crippen molar-refractivity contribution in [3.63, 3.8) is 0 Å². The topological polar surface area (TPSA) is 68.3 Å². The van der Waals surface area contributed by atoms with Gasteiger partial charge in [0.2, 0.25) is 5.91 Å². The van der Waals surface area contributed by atoms with Gasteiger partial charge >= 0.3 is 5.97 Å². The number of nitrogens with one attached hydrogen (secondary N) is 1. The summed E-state index contributed by atoms with van der Waals surface area (Å²) in [6.07, 6.45) is 2.97. The van der Waals surface area contributed by atoms with Crippen LogP contribution in [0, 0.1) is 11.8 Å². The molecule has 0 aromatic carbocycles.